The van der Waals surface area contributed by atoms with Gasteiger partial charge in [0.25, 0.3) is 0 Å². The van der Waals surface area contributed by atoms with Crippen LogP contribution in [0.5, 0.6) is 0 Å². The molecule has 100 valence electrons. The fourth-order valence-corrected chi connectivity index (χ4v) is 2.66. The fourth-order valence-electron chi connectivity index (χ4n) is 2.66. The number of anilines is 1. The SMILES string of the molecule is Cc1cccnc1N(CC1CCNCC1)C(C)C. The van der Waals surface area contributed by atoms with E-state index in [9.17, 15) is 0 Å². The molecule has 0 amide bonds. The maximum absolute atomic E-state index is 4.58. The van der Waals surface area contributed by atoms with Crippen LogP contribution >= 0.6 is 0 Å². The van der Waals surface area contributed by atoms with Crippen molar-refractivity contribution in [1.82, 2.24) is 10.3 Å². The number of nitrogens with one attached hydrogen (secondary N) is 1. The van der Waals surface area contributed by atoms with E-state index in [1.165, 1.54) is 18.4 Å². The predicted molar refractivity (Wildman–Crippen MR) is 77.0 cm³/mol. The third-order valence-electron chi connectivity index (χ3n) is 3.79. The quantitative estimate of drug-likeness (QED) is 0.886. The van der Waals surface area contributed by atoms with Gasteiger partial charge in [0.1, 0.15) is 5.82 Å². The summed E-state index contributed by atoms with van der Waals surface area (Å²) in [4.78, 5) is 7.04. The Kier molecular flexibility index (Phi) is 4.59. The molecule has 1 N–H and O–H groups in total. The summed E-state index contributed by atoms with van der Waals surface area (Å²) in [5.41, 5.74) is 1.28. The minimum atomic E-state index is 0.508. The van der Waals surface area contributed by atoms with Crippen LogP contribution in [-0.4, -0.2) is 30.7 Å². The molecule has 3 nitrogen and oxygen atoms in total. The highest BCUT2D eigenvalue weighted by Crippen LogP contribution is 2.22. The summed E-state index contributed by atoms with van der Waals surface area (Å²) < 4.78 is 0. The highest BCUT2D eigenvalue weighted by molar-refractivity contribution is 5.46. The molecule has 2 heterocycles. The average molecular weight is 247 g/mol. The van der Waals surface area contributed by atoms with Gasteiger partial charge in [-0.3, -0.25) is 0 Å². The van der Waals surface area contributed by atoms with Crippen molar-refractivity contribution in [2.24, 2.45) is 5.92 Å². The van der Waals surface area contributed by atoms with Crippen molar-refractivity contribution in [3.63, 3.8) is 0 Å². The first kappa shape index (κ1) is 13.3. The summed E-state index contributed by atoms with van der Waals surface area (Å²) in [5.74, 6) is 1.96. The standard InChI is InChI=1S/C15H25N3/c1-12(2)18(11-14-6-9-16-10-7-14)15-13(3)5-4-8-17-15/h4-5,8,12,14,16H,6-7,9-11H2,1-3H3. The second-order valence-electron chi connectivity index (χ2n) is 5.58. The van der Waals surface area contributed by atoms with Crippen molar-refractivity contribution in [1.29, 1.82) is 0 Å². The zero-order valence-corrected chi connectivity index (χ0v) is 11.8. The molecule has 0 unspecified atom stereocenters. The zero-order chi connectivity index (χ0) is 13.0. The van der Waals surface area contributed by atoms with E-state index in [0.717, 1.165) is 31.4 Å². The molecule has 0 spiro atoms. The van der Waals surface area contributed by atoms with Crippen molar-refractivity contribution in [2.45, 2.75) is 39.7 Å². The minimum Gasteiger partial charge on any atom is -0.354 e. The highest BCUT2D eigenvalue weighted by atomic mass is 15.2. The topological polar surface area (TPSA) is 28.2 Å². The first-order chi connectivity index (χ1) is 8.68. The van der Waals surface area contributed by atoms with E-state index in [1.807, 2.05) is 12.3 Å². The molecule has 1 saturated heterocycles. The van der Waals surface area contributed by atoms with E-state index in [2.05, 4.69) is 42.0 Å². The molecule has 2 rings (SSSR count). The molecule has 1 aliphatic heterocycles. The Bertz CT molecular complexity index is 370. The van der Waals surface area contributed by atoms with Gasteiger partial charge in [-0.05, 0) is 64.3 Å². The summed E-state index contributed by atoms with van der Waals surface area (Å²) >= 11 is 0. The third-order valence-corrected chi connectivity index (χ3v) is 3.79. The second kappa shape index (κ2) is 6.19. The van der Waals surface area contributed by atoms with Crippen LogP contribution in [-0.2, 0) is 0 Å². The van der Waals surface area contributed by atoms with Crippen molar-refractivity contribution >= 4 is 5.82 Å². The molecule has 0 saturated carbocycles. The second-order valence-corrected chi connectivity index (χ2v) is 5.58. The van der Waals surface area contributed by atoms with Gasteiger partial charge in [-0.25, -0.2) is 4.98 Å². The number of nitrogens with zero attached hydrogens (tertiary/aromatic N) is 2. The van der Waals surface area contributed by atoms with E-state index in [-0.39, 0.29) is 0 Å². The van der Waals surface area contributed by atoms with Gasteiger partial charge in [0.05, 0.1) is 0 Å². The average Bonchev–Trinajstić information content (AvgIpc) is 2.38. The molecule has 1 fully saturated rings. The Labute approximate surface area is 111 Å². The van der Waals surface area contributed by atoms with Gasteiger partial charge >= 0.3 is 0 Å². The Balaban J connectivity index is 2.10. The Morgan fingerprint density at radius 3 is 2.72 bits per heavy atom. The van der Waals surface area contributed by atoms with Gasteiger partial charge in [-0.1, -0.05) is 6.07 Å². The zero-order valence-electron chi connectivity index (χ0n) is 11.8. The molecule has 18 heavy (non-hydrogen) atoms. The lowest BCUT2D eigenvalue weighted by atomic mass is 9.97. The molecule has 3 heteroatoms. The van der Waals surface area contributed by atoms with E-state index < -0.39 is 0 Å². The van der Waals surface area contributed by atoms with Gasteiger partial charge in [0.15, 0.2) is 0 Å². The van der Waals surface area contributed by atoms with Crippen molar-refractivity contribution < 1.29 is 0 Å². The van der Waals surface area contributed by atoms with Gasteiger partial charge in [0, 0.05) is 18.8 Å². The van der Waals surface area contributed by atoms with Gasteiger partial charge < -0.3 is 10.2 Å². The molecule has 0 radical (unpaired) electrons. The molecular weight excluding hydrogens is 222 g/mol. The van der Waals surface area contributed by atoms with Crippen LogP contribution in [0.4, 0.5) is 5.82 Å². The summed E-state index contributed by atoms with van der Waals surface area (Å²) in [6.45, 7) is 10.1. The van der Waals surface area contributed by atoms with Crippen LogP contribution in [0.1, 0.15) is 32.3 Å². The lowest BCUT2D eigenvalue weighted by molar-refractivity contribution is 0.367. The smallest absolute Gasteiger partial charge is 0.131 e. The third kappa shape index (κ3) is 3.22. The first-order valence-corrected chi connectivity index (χ1v) is 7.07. The largest absolute Gasteiger partial charge is 0.354 e. The van der Waals surface area contributed by atoms with Crippen LogP contribution in [0.25, 0.3) is 0 Å². The lowest BCUT2D eigenvalue weighted by Crippen LogP contribution is -2.40. The molecule has 0 bridgehead atoms. The van der Waals surface area contributed by atoms with Gasteiger partial charge in [0.2, 0.25) is 0 Å². The van der Waals surface area contributed by atoms with E-state index in [1.54, 1.807) is 0 Å². The monoisotopic (exact) mass is 247 g/mol. The molecule has 0 atom stereocenters. The van der Waals surface area contributed by atoms with E-state index in [0.29, 0.717) is 6.04 Å². The van der Waals surface area contributed by atoms with E-state index >= 15 is 0 Å². The fraction of sp³-hybridized carbons (Fsp3) is 0.667. The van der Waals surface area contributed by atoms with Crippen molar-refractivity contribution in [2.75, 3.05) is 24.5 Å². The highest BCUT2D eigenvalue weighted by Gasteiger charge is 2.20. The summed E-state index contributed by atoms with van der Waals surface area (Å²) in [7, 11) is 0. The van der Waals surface area contributed by atoms with Crippen LogP contribution < -0.4 is 10.2 Å². The van der Waals surface area contributed by atoms with Gasteiger partial charge in [-0.2, -0.15) is 0 Å². The molecule has 1 aromatic heterocycles. The van der Waals surface area contributed by atoms with Crippen LogP contribution in [0.3, 0.4) is 0 Å². The number of piperidine rings is 1. The number of hydrogen-bond donors (Lipinski definition) is 1. The van der Waals surface area contributed by atoms with Crippen LogP contribution in [0, 0.1) is 12.8 Å². The van der Waals surface area contributed by atoms with Gasteiger partial charge in [-0.15, -0.1) is 0 Å². The molecule has 0 aromatic carbocycles. The van der Waals surface area contributed by atoms with Crippen LogP contribution in [0.2, 0.25) is 0 Å². The number of pyridine rings is 1. The van der Waals surface area contributed by atoms with Crippen molar-refractivity contribution in [3.05, 3.63) is 23.9 Å². The predicted octanol–water partition coefficient (Wildman–Crippen LogP) is 2.60. The number of aryl methyl sites for hydroxylation is 1. The summed E-state index contributed by atoms with van der Waals surface area (Å²) in [5, 5.41) is 3.43. The van der Waals surface area contributed by atoms with E-state index in [4.69, 9.17) is 0 Å². The lowest BCUT2D eigenvalue weighted by Gasteiger charge is -2.34. The molecular formula is C15H25N3. The number of hydrogen-bond acceptors (Lipinski definition) is 3. The first-order valence-electron chi connectivity index (χ1n) is 7.07. The minimum absolute atomic E-state index is 0.508. The number of rotatable bonds is 4. The molecule has 0 aliphatic carbocycles. The summed E-state index contributed by atoms with van der Waals surface area (Å²) in [6, 6.07) is 4.68. The molecule has 1 aliphatic rings. The molecule has 1 aromatic rings. The normalized spacial score (nSPS) is 17.1. The van der Waals surface area contributed by atoms with Crippen LogP contribution in [0.15, 0.2) is 18.3 Å². The Morgan fingerprint density at radius 2 is 2.11 bits per heavy atom. The maximum Gasteiger partial charge on any atom is 0.131 e. The summed E-state index contributed by atoms with van der Waals surface area (Å²) in [6.07, 6.45) is 4.48. The Morgan fingerprint density at radius 1 is 1.39 bits per heavy atom. The number of aromatic nitrogens is 1. The maximum atomic E-state index is 4.58. The van der Waals surface area contributed by atoms with Crippen molar-refractivity contribution in [3.8, 4) is 0 Å². The Hall–Kier alpha value is -1.09.